The molecule has 4 nitrogen and oxygen atoms in total. The number of hydrogen-bond donors (Lipinski definition) is 1. The number of alkyl halides is 1. The summed E-state index contributed by atoms with van der Waals surface area (Å²) in [5, 5.41) is 0. The Morgan fingerprint density at radius 1 is 1.21 bits per heavy atom. The first-order chi connectivity index (χ1) is 8.74. The summed E-state index contributed by atoms with van der Waals surface area (Å²) in [7, 11) is -3.13. The van der Waals surface area contributed by atoms with Crippen molar-refractivity contribution in [1.29, 1.82) is 0 Å². The van der Waals surface area contributed by atoms with Gasteiger partial charge in [-0.3, -0.25) is 4.90 Å². The van der Waals surface area contributed by atoms with E-state index < -0.39 is 10.0 Å². The third kappa shape index (κ3) is 6.43. The number of rotatable bonds is 6. The Morgan fingerprint density at radius 2 is 1.79 bits per heavy atom. The Kier molecular flexibility index (Phi) is 6.57. The molecule has 1 aliphatic heterocycles. The lowest BCUT2D eigenvalue weighted by Crippen LogP contribution is -2.51. The maximum Gasteiger partial charge on any atom is 0.211 e. The molecule has 0 saturated carbocycles. The molecule has 1 rings (SSSR count). The highest BCUT2D eigenvalue weighted by Crippen LogP contribution is 2.20. The first kappa shape index (κ1) is 17.2. The molecular weight excluding hydrogens is 284 g/mol. The van der Waals surface area contributed by atoms with Gasteiger partial charge in [0.15, 0.2) is 0 Å². The smallest absolute Gasteiger partial charge is 0.211 e. The second-order valence-corrected chi connectivity index (χ2v) is 8.52. The molecule has 0 atom stereocenters. The van der Waals surface area contributed by atoms with Gasteiger partial charge in [-0.05, 0) is 46.5 Å². The average molecular weight is 311 g/mol. The van der Waals surface area contributed by atoms with Gasteiger partial charge in [0.1, 0.15) is 0 Å². The van der Waals surface area contributed by atoms with Gasteiger partial charge in [-0.25, -0.2) is 13.1 Å². The summed E-state index contributed by atoms with van der Waals surface area (Å²) in [6, 6.07) is 0.0969. The van der Waals surface area contributed by atoms with Gasteiger partial charge in [0.05, 0.1) is 5.75 Å². The lowest BCUT2D eigenvalue weighted by Gasteiger charge is -2.40. The summed E-state index contributed by atoms with van der Waals surface area (Å²) in [6.45, 7) is 8.51. The molecule has 0 aliphatic carbocycles. The minimum Gasteiger partial charge on any atom is -0.298 e. The highest BCUT2D eigenvalue weighted by molar-refractivity contribution is 7.89. The number of unbranched alkanes of at least 4 members (excludes halogenated alkanes) is 1. The molecule has 1 saturated heterocycles. The van der Waals surface area contributed by atoms with Crippen LogP contribution in [0.25, 0.3) is 0 Å². The first-order valence-corrected chi connectivity index (χ1v) is 9.24. The minimum atomic E-state index is -3.13. The van der Waals surface area contributed by atoms with E-state index in [9.17, 15) is 8.42 Å². The van der Waals surface area contributed by atoms with E-state index in [-0.39, 0.29) is 17.3 Å². The van der Waals surface area contributed by atoms with Crippen molar-refractivity contribution in [2.75, 3.05) is 24.7 Å². The Balaban J connectivity index is 2.36. The standard InChI is InChI=1S/C13H27ClN2O2S/c1-13(2,3)16-9-6-12(7-10-16)15-19(17,18)11-5-4-8-14/h12,15H,4-11H2,1-3H3. The molecule has 0 spiro atoms. The van der Waals surface area contributed by atoms with Crippen LogP contribution in [0.4, 0.5) is 0 Å². The summed E-state index contributed by atoms with van der Waals surface area (Å²) in [5.41, 5.74) is 0.171. The van der Waals surface area contributed by atoms with E-state index in [1.807, 2.05) is 0 Å². The fourth-order valence-electron chi connectivity index (χ4n) is 2.37. The molecular formula is C13H27ClN2O2S. The summed E-state index contributed by atoms with van der Waals surface area (Å²) < 4.78 is 26.6. The quantitative estimate of drug-likeness (QED) is 0.604. The maximum absolute atomic E-state index is 11.9. The average Bonchev–Trinajstić information content (AvgIpc) is 2.28. The molecule has 1 fully saturated rings. The molecule has 114 valence electrons. The molecule has 0 aromatic heterocycles. The Bertz CT molecular complexity index is 357. The van der Waals surface area contributed by atoms with Gasteiger partial charge in [0, 0.05) is 30.6 Å². The molecule has 0 amide bonds. The Hall–Kier alpha value is 0.160. The van der Waals surface area contributed by atoms with Gasteiger partial charge in [0.2, 0.25) is 10.0 Å². The number of likely N-dealkylation sites (tertiary alicyclic amines) is 1. The second-order valence-electron chi connectivity index (χ2n) is 6.26. The van der Waals surface area contributed by atoms with Crippen LogP contribution in [-0.2, 0) is 10.0 Å². The van der Waals surface area contributed by atoms with Crippen molar-refractivity contribution in [1.82, 2.24) is 9.62 Å². The van der Waals surface area contributed by atoms with Crippen LogP contribution in [0.3, 0.4) is 0 Å². The van der Waals surface area contributed by atoms with Crippen LogP contribution in [0.5, 0.6) is 0 Å². The summed E-state index contributed by atoms with van der Waals surface area (Å²) in [5.74, 6) is 0.721. The van der Waals surface area contributed by atoms with E-state index in [4.69, 9.17) is 11.6 Å². The van der Waals surface area contributed by atoms with Crippen molar-refractivity contribution in [2.24, 2.45) is 0 Å². The van der Waals surface area contributed by atoms with Gasteiger partial charge in [-0.2, -0.15) is 0 Å². The molecule has 1 N–H and O–H groups in total. The topological polar surface area (TPSA) is 49.4 Å². The number of halogens is 1. The summed E-state index contributed by atoms with van der Waals surface area (Å²) in [6.07, 6.45) is 3.18. The van der Waals surface area contributed by atoms with Gasteiger partial charge >= 0.3 is 0 Å². The molecule has 1 aliphatic rings. The van der Waals surface area contributed by atoms with Crippen LogP contribution in [-0.4, -0.2) is 49.6 Å². The summed E-state index contributed by atoms with van der Waals surface area (Å²) in [4.78, 5) is 2.41. The third-order valence-corrected chi connectivity index (χ3v) is 5.37. The van der Waals surface area contributed by atoms with Crippen molar-refractivity contribution in [3.05, 3.63) is 0 Å². The normalized spacial score (nSPS) is 19.8. The van der Waals surface area contributed by atoms with E-state index in [1.54, 1.807) is 0 Å². The zero-order chi connectivity index (χ0) is 14.5. The minimum absolute atomic E-state index is 0.0969. The molecule has 0 bridgehead atoms. The number of nitrogens with one attached hydrogen (secondary N) is 1. The van der Waals surface area contributed by atoms with Gasteiger partial charge in [-0.1, -0.05) is 0 Å². The molecule has 1 heterocycles. The van der Waals surface area contributed by atoms with Crippen LogP contribution < -0.4 is 4.72 Å². The largest absolute Gasteiger partial charge is 0.298 e. The summed E-state index contributed by atoms with van der Waals surface area (Å²) >= 11 is 5.56. The van der Waals surface area contributed by atoms with E-state index in [0.717, 1.165) is 32.4 Å². The van der Waals surface area contributed by atoms with Gasteiger partial charge in [-0.15, -0.1) is 11.6 Å². The molecule has 0 aromatic carbocycles. The second kappa shape index (κ2) is 7.25. The molecule has 0 unspecified atom stereocenters. The zero-order valence-electron chi connectivity index (χ0n) is 12.3. The predicted molar refractivity (Wildman–Crippen MR) is 81.2 cm³/mol. The third-order valence-electron chi connectivity index (χ3n) is 3.59. The highest BCUT2D eigenvalue weighted by atomic mass is 35.5. The van der Waals surface area contributed by atoms with Crippen LogP contribution in [0.2, 0.25) is 0 Å². The van der Waals surface area contributed by atoms with Crippen LogP contribution in [0.1, 0.15) is 46.5 Å². The first-order valence-electron chi connectivity index (χ1n) is 7.05. The fourth-order valence-corrected chi connectivity index (χ4v) is 4.00. The van der Waals surface area contributed by atoms with Crippen LogP contribution in [0, 0.1) is 0 Å². The lowest BCUT2D eigenvalue weighted by atomic mass is 9.99. The van der Waals surface area contributed by atoms with Crippen molar-refractivity contribution < 1.29 is 8.42 Å². The zero-order valence-corrected chi connectivity index (χ0v) is 13.9. The number of hydrogen-bond acceptors (Lipinski definition) is 3. The molecule has 6 heteroatoms. The van der Waals surface area contributed by atoms with E-state index in [1.165, 1.54) is 0 Å². The van der Waals surface area contributed by atoms with Crippen LogP contribution >= 0.6 is 11.6 Å². The predicted octanol–water partition coefficient (Wildman–Crippen LogP) is 2.19. The molecule has 19 heavy (non-hydrogen) atoms. The van der Waals surface area contributed by atoms with Crippen molar-refractivity contribution in [3.8, 4) is 0 Å². The van der Waals surface area contributed by atoms with Crippen molar-refractivity contribution in [3.63, 3.8) is 0 Å². The van der Waals surface area contributed by atoms with Crippen molar-refractivity contribution >= 4 is 21.6 Å². The maximum atomic E-state index is 11.9. The highest BCUT2D eigenvalue weighted by Gasteiger charge is 2.28. The Labute approximate surface area is 122 Å². The van der Waals surface area contributed by atoms with Gasteiger partial charge in [0.25, 0.3) is 0 Å². The Morgan fingerprint density at radius 3 is 2.26 bits per heavy atom. The lowest BCUT2D eigenvalue weighted by molar-refractivity contribution is 0.100. The SMILES string of the molecule is CC(C)(C)N1CCC(NS(=O)(=O)CCCCCl)CC1. The van der Waals surface area contributed by atoms with E-state index in [2.05, 4.69) is 30.4 Å². The van der Waals surface area contributed by atoms with E-state index in [0.29, 0.717) is 12.3 Å². The monoisotopic (exact) mass is 310 g/mol. The van der Waals surface area contributed by atoms with Crippen molar-refractivity contribution in [2.45, 2.75) is 58.0 Å². The number of nitrogens with zero attached hydrogens (tertiary/aromatic N) is 1. The van der Waals surface area contributed by atoms with Crippen LogP contribution in [0.15, 0.2) is 0 Å². The number of sulfonamides is 1. The van der Waals surface area contributed by atoms with Gasteiger partial charge < -0.3 is 0 Å². The van der Waals surface area contributed by atoms with E-state index >= 15 is 0 Å². The number of piperidine rings is 1. The fraction of sp³-hybridized carbons (Fsp3) is 1.00. The molecule has 0 radical (unpaired) electrons. The molecule has 0 aromatic rings.